The lowest BCUT2D eigenvalue weighted by molar-refractivity contribution is -0.122. The van der Waals surface area contributed by atoms with Crippen LogP contribution in [0, 0.1) is 0 Å². The fourth-order valence-electron chi connectivity index (χ4n) is 2.91. The van der Waals surface area contributed by atoms with Gasteiger partial charge in [-0.15, -0.1) is 11.3 Å². The Morgan fingerprint density at radius 1 is 1.28 bits per heavy atom. The number of anilines is 1. The molecule has 0 bridgehead atoms. The summed E-state index contributed by atoms with van der Waals surface area (Å²) in [5, 5.41) is 3.75. The number of fused-ring (bicyclic) bond motifs is 1. The normalized spacial score (nSPS) is 14.5. The van der Waals surface area contributed by atoms with Gasteiger partial charge in [-0.05, 0) is 50.3 Å². The van der Waals surface area contributed by atoms with Crippen LogP contribution in [0.2, 0.25) is 5.02 Å². The number of nitrogens with two attached hydrogens (primary N) is 1. The van der Waals surface area contributed by atoms with E-state index < -0.39 is 12.0 Å². The highest BCUT2D eigenvalue weighted by Crippen LogP contribution is 2.38. The molecule has 0 saturated heterocycles. The molecule has 1 aromatic heterocycles. The predicted octanol–water partition coefficient (Wildman–Crippen LogP) is 3.79. The van der Waals surface area contributed by atoms with E-state index in [1.807, 2.05) is 0 Å². The van der Waals surface area contributed by atoms with Crippen LogP contribution in [0.3, 0.4) is 0 Å². The van der Waals surface area contributed by atoms with Gasteiger partial charge >= 0.3 is 0 Å². The number of hydrogen-bond donors (Lipinski definition) is 2. The van der Waals surface area contributed by atoms with E-state index in [-0.39, 0.29) is 5.91 Å². The fourth-order valence-corrected chi connectivity index (χ4v) is 4.39. The Morgan fingerprint density at radius 3 is 2.72 bits per heavy atom. The largest absolute Gasteiger partial charge is 0.479 e. The minimum Gasteiger partial charge on any atom is -0.479 e. The van der Waals surface area contributed by atoms with E-state index in [2.05, 4.69) is 5.32 Å². The maximum absolute atomic E-state index is 12.5. The number of aryl methyl sites for hydroxylation is 1. The second kappa shape index (κ2) is 7.45. The van der Waals surface area contributed by atoms with E-state index in [9.17, 15) is 9.59 Å². The molecule has 25 heavy (non-hydrogen) atoms. The summed E-state index contributed by atoms with van der Waals surface area (Å²) in [4.78, 5) is 25.5. The molecule has 3 N–H and O–H groups in total. The van der Waals surface area contributed by atoms with E-state index in [1.54, 1.807) is 31.2 Å². The van der Waals surface area contributed by atoms with E-state index in [0.29, 0.717) is 21.3 Å². The fraction of sp³-hybridized carbons (Fsp3) is 0.333. The number of carbonyl (C=O) groups excluding carboxylic acids is 2. The Kier molecular flexibility index (Phi) is 5.30. The zero-order valence-electron chi connectivity index (χ0n) is 13.8. The topological polar surface area (TPSA) is 81.4 Å². The van der Waals surface area contributed by atoms with Gasteiger partial charge in [-0.25, -0.2) is 0 Å². The summed E-state index contributed by atoms with van der Waals surface area (Å²) in [7, 11) is 0. The van der Waals surface area contributed by atoms with Crippen LogP contribution in [0.15, 0.2) is 24.3 Å². The molecule has 0 saturated carbocycles. The third kappa shape index (κ3) is 3.80. The molecule has 7 heteroatoms. The zero-order valence-corrected chi connectivity index (χ0v) is 15.4. The third-order valence-electron chi connectivity index (χ3n) is 4.16. The molecular formula is C18H19ClN2O3S. The minimum atomic E-state index is -0.764. The molecule has 1 aromatic carbocycles. The molecular weight excluding hydrogens is 360 g/mol. The number of halogens is 1. The van der Waals surface area contributed by atoms with Crippen molar-refractivity contribution in [1.29, 1.82) is 0 Å². The minimum absolute atomic E-state index is 0.346. The molecule has 1 heterocycles. The van der Waals surface area contributed by atoms with Gasteiger partial charge < -0.3 is 15.8 Å². The molecule has 5 nitrogen and oxygen atoms in total. The molecule has 0 fully saturated rings. The standard InChI is InChI=1S/C18H19ClN2O3S/c1-10(24-13-8-4-3-7-12(13)19)17(23)21-18-15(16(20)22)11-6-2-5-9-14(11)25-18/h3-4,7-8,10H,2,5-6,9H2,1H3,(H2,20,22)(H,21,23)/t10-/m0/s1. The summed E-state index contributed by atoms with van der Waals surface area (Å²) in [6, 6.07) is 6.96. The molecule has 0 unspecified atom stereocenters. The molecule has 1 aliphatic rings. The lowest BCUT2D eigenvalue weighted by atomic mass is 9.95. The first-order chi connectivity index (χ1) is 12.0. The Bertz CT molecular complexity index is 819. The summed E-state index contributed by atoms with van der Waals surface area (Å²) in [6.45, 7) is 1.64. The number of amides is 2. The number of primary amides is 1. The van der Waals surface area contributed by atoms with Crippen molar-refractivity contribution in [3.05, 3.63) is 45.3 Å². The van der Waals surface area contributed by atoms with Crippen molar-refractivity contribution in [2.45, 2.75) is 38.7 Å². The number of para-hydroxylation sites is 1. The molecule has 1 atom stereocenters. The highest BCUT2D eigenvalue weighted by molar-refractivity contribution is 7.17. The molecule has 1 aliphatic carbocycles. The predicted molar refractivity (Wildman–Crippen MR) is 99.7 cm³/mol. The average molecular weight is 379 g/mol. The molecule has 2 amide bonds. The van der Waals surface area contributed by atoms with Crippen molar-refractivity contribution < 1.29 is 14.3 Å². The van der Waals surface area contributed by atoms with Crippen LogP contribution in [-0.4, -0.2) is 17.9 Å². The first-order valence-corrected chi connectivity index (χ1v) is 9.33. The maximum atomic E-state index is 12.5. The maximum Gasteiger partial charge on any atom is 0.265 e. The molecule has 3 rings (SSSR count). The molecule has 2 aromatic rings. The van der Waals surface area contributed by atoms with Crippen LogP contribution < -0.4 is 15.8 Å². The summed E-state index contributed by atoms with van der Waals surface area (Å²) in [6.07, 6.45) is 3.10. The number of ether oxygens (including phenoxy) is 1. The van der Waals surface area contributed by atoms with E-state index in [4.69, 9.17) is 22.1 Å². The van der Waals surface area contributed by atoms with Crippen LogP contribution in [0.5, 0.6) is 5.75 Å². The van der Waals surface area contributed by atoms with E-state index in [1.165, 1.54) is 11.3 Å². The van der Waals surface area contributed by atoms with Crippen LogP contribution in [0.1, 0.15) is 40.6 Å². The molecule has 0 aliphatic heterocycles. The number of benzene rings is 1. The number of nitrogens with one attached hydrogen (secondary N) is 1. The summed E-state index contributed by atoms with van der Waals surface area (Å²) in [5.74, 6) is -0.414. The van der Waals surface area contributed by atoms with Crippen molar-refractivity contribution in [3.63, 3.8) is 0 Å². The highest BCUT2D eigenvalue weighted by Gasteiger charge is 2.26. The zero-order chi connectivity index (χ0) is 18.0. The van der Waals surface area contributed by atoms with Gasteiger partial charge in [-0.2, -0.15) is 0 Å². The Morgan fingerprint density at radius 2 is 2.00 bits per heavy atom. The van der Waals surface area contributed by atoms with Gasteiger partial charge in [0, 0.05) is 4.88 Å². The molecule has 132 valence electrons. The van der Waals surface area contributed by atoms with Gasteiger partial charge in [0.25, 0.3) is 11.8 Å². The van der Waals surface area contributed by atoms with Crippen molar-refractivity contribution in [2.24, 2.45) is 5.73 Å². The Balaban J connectivity index is 1.77. The second-order valence-electron chi connectivity index (χ2n) is 5.96. The van der Waals surface area contributed by atoms with Crippen LogP contribution in [0.25, 0.3) is 0 Å². The second-order valence-corrected chi connectivity index (χ2v) is 7.47. The van der Waals surface area contributed by atoms with Gasteiger partial charge in [0.2, 0.25) is 0 Å². The first kappa shape index (κ1) is 17.8. The summed E-state index contributed by atoms with van der Waals surface area (Å²) >= 11 is 7.48. The number of carbonyl (C=O) groups is 2. The lowest BCUT2D eigenvalue weighted by Crippen LogP contribution is -2.30. The van der Waals surface area contributed by atoms with Crippen molar-refractivity contribution >= 4 is 39.8 Å². The number of rotatable bonds is 5. The smallest absolute Gasteiger partial charge is 0.265 e. The van der Waals surface area contributed by atoms with Gasteiger partial charge in [0.05, 0.1) is 10.6 Å². The average Bonchev–Trinajstić information content (AvgIpc) is 2.94. The number of thiophene rings is 1. The van der Waals surface area contributed by atoms with Crippen molar-refractivity contribution in [2.75, 3.05) is 5.32 Å². The Hall–Kier alpha value is -2.05. The third-order valence-corrected chi connectivity index (χ3v) is 5.68. The van der Waals surface area contributed by atoms with E-state index in [0.717, 1.165) is 36.1 Å². The SMILES string of the molecule is C[C@H](Oc1ccccc1Cl)C(=O)Nc1sc2c(c1C(N)=O)CCCC2. The van der Waals surface area contributed by atoms with Crippen LogP contribution in [0.4, 0.5) is 5.00 Å². The molecule has 0 spiro atoms. The first-order valence-electron chi connectivity index (χ1n) is 8.13. The van der Waals surface area contributed by atoms with E-state index >= 15 is 0 Å². The van der Waals surface area contributed by atoms with Gasteiger partial charge in [0.1, 0.15) is 10.8 Å². The van der Waals surface area contributed by atoms with Crippen molar-refractivity contribution in [3.8, 4) is 5.75 Å². The van der Waals surface area contributed by atoms with Gasteiger partial charge in [-0.3, -0.25) is 9.59 Å². The van der Waals surface area contributed by atoms with Crippen molar-refractivity contribution in [1.82, 2.24) is 0 Å². The van der Waals surface area contributed by atoms with Gasteiger partial charge in [0.15, 0.2) is 6.10 Å². The number of hydrogen-bond acceptors (Lipinski definition) is 4. The lowest BCUT2D eigenvalue weighted by Gasteiger charge is -2.15. The summed E-state index contributed by atoms with van der Waals surface area (Å²) < 4.78 is 5.63. The van der Waals surface area contributed by atoms with Gasteiger partial charge in [-0.1, -0.05) is 23.7 Å². The highest BCUT2D eigenvalue weighted by atomic mass is 35.5. The molecule has 0 radical (unpaired) electrons. The Labute approximate surface area is 155 Å². The monoisotopic (exact) mass is 378 g/mol. The summed E-state index contributed by atoms with van der Waals surface area (Å²) in [5.41, 5.74) is 6.97. The van der Waals surface area contributed by atoms with Crippen LogP contribution in [-0.2, 0) is 17.6 Å². The quantitative estimate of drug-likeness (QED) is 0.830. The van der Waals surface area contributed by atoms with Crippen LogP contribution >= 0.6 is 22.9 Å².